The molecule has 2 atom stereocenters. The van der Waals surface area contributed by atoms with E-state index in [4.69, 9.17) is 0 Å². The Morgan fingerprint density at radius 3 is 1.91 bits per heavy atom. The molecule has 2 unspecified atom stereocenters. The first-order valence-corrected chi connectivity index (χ1v) is 4.18. The number of hydrogen-bond acceptors (Lipinski definition) is 1. The maximum atomic E-state index is 12.3. The van der Waals surface area contributed by atoms with Crippen LogP contribution in [0.5, 0.6) is 0 Å². The molecule has 0 radical (unpaired) electrons. The second-order valence-electron chi connectivity index (χ2n) is 3.35. The Hall–Kier alpha value is -0.115. The second-order valence-corrected chi connectivity index (χ2v) is 3.35. The summed E-state index contributed by atoms with van der Waals surface area (Å²) in [5, 5.41) is 0. The van der Waals surface area contributed by atoms with E-state index in [2.05, 4.69) is 0 Å². The maximum Gasteiger partial charge on any atom is 0.637 e. The van der Waals surface area contributed by atoms with Crippen molar-refractivity contribution in [3.05, 3.63) is 0 Å². The molecule has 1 saturated heterocycles. The number of rotatable bonds is 1. The van der Waals surface area contributed by atoms with Crippen molar-refractivity contribution in [1.29, 1.82) is 0 Å². The fraction of sp³-hybridized carbons (Fsp3) is 1.00. The molecule has 1 aliphatic rings. The number of piperidine rings is 1. The molecule has 0 saturated carbocycles. The molecule has 0 N–H and O–H groups in total. The SMILES string of the molecule is CC1CCCC(C)N1B(F)F. The van der Waals surface area contributed by atoms with E-state index in [0.717, 1.165) is 19.3 Å². The highest BCUT2D eigenvalue weighted by Gasteiger charge is 2.35. The van der Waals surface area contributed by atoms with Crippen molar-refractivity contribution in [2.45, 2.75) is 45.2 Å². The van der Waals surface area contributed by atoms with Crippen molar-refractivity contribution in [3.63, 3.8) is 0 Å². The standard InChI is InChI=1S/C7H14BF2N/c1-6-4-3-5-7(2)11(6)8(9)10/h6-7H,3-5H2,1-2H3. The summed E-state index contributed by atoms with van der Waals surface area (Å²) in [5.74, 6) is 0. The van der Waals surface area contributed by atoms with Gasteiger partial charge in [-0.1, -0.05) is 20.3 Å². The quantitative estimate of drug-likeness (QED) is 0.532. The Morgan fingerprint density at radius 1 is 1.18 bits per heavy atom. The lowest BCUT2D eigenvalue weighted by Crippen LogP contribution is -2.49. The lowest BCUT2D eigenvalue weighted by molar-refractivity contribution is 0.173. The summed E-state index contributed by atoms with van der Waals surface area (Å²) in [6.07, 6.45) is 2.91. The average Bonchev–Trinajstić information content (AvgIpc) is 1.85. The van der Waals surface area contributed by atoms with Crippen molar-refractivity contribution >= 4 is 7.40 Å². The molecule has 0 aromatic carbocycles. The minimum Gasteiger partial charge on any atom is -0.278 e. The molecule has 1 fully saturated rings. The molecule has 0 aromatic heterocycles. The highest BCUT2D eigenvalue weighted by Crippen LogP contribution is 2.23. The van der Waals surface area contributed by atoms with Gasteiger partial charge in [0.1, 0.15) is 0 Å². The molecule has 0 bridgehead atoms. The van der Waals surface area contributed by atoms with Crippen molar-refractivity contribution in [3.8, 4) is 0 Å². The van der Waals surface area contributed by atoms with Crippen LogP contribution in [0.3, 0.4) is 0 Å². The van der Waals surface area contributed by atoms with Gasteiger partial charge in [0, 0.05) is 12.1 Å². The molecule has 0 aromatic rings. The molecular weight excluding hydrogens is 147 g/mol. The predicted octanol–water partition coefficient (Wildman–Crippen LogP) is 2.17. The number of nitrogens with zero attached hydrogens (tertiary/aromatic N) is 1. The summed E-state index contributed by atoms with van der Waals surface area (Å²) in [6.45, 7) is 3.75. The van der Waals surface area contributed by atoms with E-state index >= 15 is 0 Å². The van der Waals surface area contributed by atoms with Gasteiger partial charge in [-0.2, -0.15) is 0 Å². The molecular formula is C7H14BF2N. The van der Waals surface area contributed by atoms with Gasteiger partial charge in [0.25, 0.3) is 0 Å². The molecule has 11 heavy (non-hydrogen) atoms. The first-order chi connectivity index (χ1) is 5.13. The van der Waals surface area contributed by atoms with Crippen LogP contribution in [0.1, 0.15) is 33.1 Å². The van der Waals surface area contributed by atoms with Crippen LogP contribution >= 0.6 is 0 Å². The maximum absolute atomic E-state index is 12.3. The van der Waals surface area contributed by atoms with Gasteiger partial charge in [-0.05, 0) is 12.8 Å². The Bertz CT molecular complexity index is 122. The average molecular weight is 161 g/mol. The fourth-order valence-electron chi connectivity index (χ4n) is 1.83. The van der Waals surface area contributed by atoms with Crippen LogP contribution in [0.4, 0.5) is 8.63 Å². The van der Waals surface area contributed by atoms with Crippen LogP contribution in [0, 0.1) is 0 Å². The zero-order valence-corrected chi connectivity index (χ0v) is 7.06. The van der Waals surface area contributed by atoms with Crippen LogP contribution in [0.2, 0.25) is 0 Å². The van der Waals surface area contributed by atoms with Gasteiger partial charge in [0.15, 0.2) is 0 Å². The third kappa shape index (κ3) is 1.92. The molecule has 0 amide bonds. The molecule has 1 nitrogen and oxygen atoms in total. The van der Waals surface area contributed by atoms with Gasteiger partial charge >= 0.3 is 7.40 Å². The molecule has 1 heterocycles. The van der Waals surface area contributed by atoms with E-state index in [9.17, 15) is 8.63 Å². The third-order valence-electron chi connectivity index (χ3n) is 2.49. The van der Waals surface area contributed by atoms with Crippen LogP contribution in [-0.4, -0.2) is 24.3 Å². The normalized spacial score (nSPS) is 33.8. The zero-order valence-electron chi connectivity index (χ0n) is 7.06. The molecule has 1 rings (SSSR count). The van der Waals surface area contributed by atoms with Gasteiger partial charge in [0.05, 0.1) is 0 Å². The van der Waals surface area contributed by atoms with E-state index < -0.39 is 7.40 Å². The monoisotopic (exact) mass is 161 g/mol. The van der Waals surface area contributed by atoms with Crippen molar-refractivity contribution in [1.82, 2.24) is 4.81 Å². The predicted molar refractivity (Wildman–Crippen MR) is 42.6 cm³/mol. The fourth-order valence-corrected chi connectivity index (χ4v) is 1.83. The van der Waals surface area contributed by atoms with Crippen LogP contribution < -0.4 is 0 Å². The molecule has 0 aliphatic carbocycles. The Balaban J connectivity index is 2.55. The molecule has 0 spiro atoms. The Kier molecular flexibility index (Phi) is 2.87. The third-order valence-corrected chi connectivity index (χ3v) is 2.49. The minimum atomic E-state index is -2.28. The minimum absolute atomic E-state index is 0.0544. The number of halogens is 2. The van der Waals surface area contributed by atoms with Gasteiger partial charge in [-0.25, -0.2) is 0 Å². The summed E-state index contributed by atoms with van der Waals surface area (Å²) in [6, 6.07) is 0.109. The second kappa shape index (κ2) is 3.52. The summed E-state index contributed by atoms with van der Waals surface area (Å²) in [4.78, 5) is 1.31. The summed E-state index contributed by atoms with van der Waals surface area (Å²) < 4.78 is 24.7. The molecule has 4 heteroatoms. The topological polar surface area (TPSA) is 3.24 Å². The Morgan fingerprint density at radius 2 is 1.64 bits per heavy atom. The van der Waals surface area contributed by atoms with Gasteiger partial charge in [-0.15, -0.1) is 0 Å². The van der Waals surface area contributed by atoms with Gasteiger partial charge < -0.3 is 0 Å². The van der Waals surface area contributed by atoms with Crippen LogP contribution in [0.25, 0.3) is 0 Å². The highest BCUT2D eigenvalue weighted by molar-refractivity contribution is 6.39. The van der Waals surface area contributed by atoms with E-state index in [0.29, 0.717) is 0 Å². The van der Waals surface area contributed by atoms with Gasteiger partial charge in [0.2, 0.25) is 0 Å². The Labute approximate surface area is 67.0 Å². The first-order valence-electron chi connectivity index (χ1n) is 4.18. The summed E-state index contributed by atoms with van der Waals surface area (Å²) >= 11 is 0. The summed E-state index contributed by atoms with van der Waals surface area (Å²) in [5.41, 5.74) is 0. The van der Waals surface area contributed by atoms with Crippen molar-refractivity contribution < 1.29 is 8.63 Å². The molecule has 1 aliphatic heterocycles. The first kappa shape index (κ1) is 8.98. The smallest absolute Gasteiger partial charge is 0.278 e. The lowest BCUT2D eigenvalue weighted by atomic mass is 9.91. The van der Waals surface area contributed by atoms with Crippen LogP contribution in [-0.2, 0) is 0 Å². The van der Waals surface area contributed by atoms with Gasteiger partial charge in [-0.3, -0.25) is 13.4 Å². The van der Waals surface area contributed by atoms with Crippen molar-refractivity contribution in [2.24, 2.45) is 0 Å². The largest absolute Gasteiger partial charge is 0.637 e. The zero-order chi connectivity index (χ0) is 8.43. The van der Waals surface area contributed by atoms with E-state index in [1.807, 2.05) is 13.8 Å². The molecule has 64 valence electrons. The number of hydrogen-bond donors (Lipinski definition) is 0. The summed E-state index contributed by atoms with van der Waals surface area (Å²) in [7, 11) is -2.28. The lowest BCUT2D eigenvalue weighted by Gasteiger charge is -2.36. The van der Waals surface area contributed by atoms with Crippen LogP contribution in [0.15, 0.2) is 0 Å². The van der Waals surface area contributed by atoms with E-state index in [-0.39, 0.29) is 12.1 Å². The van der Waals surface area contributed by atoms with E-state index in [1.54, 1.807) is 0 Å². The van der Waals surface area contributed by atoms with Crippen molar-refractivity contribution in [2.75, 3.05) is 0 Å². The van der Waals surface area contributed by atoms with E-state index in [1.165, 1.54) is 4.81 Å². The highest BCUT2D eigenvalue weighted by atomic mass is 19.2.